The Morgan fingerprint density at radius 1 is 1.03 bits per heavy atom. The van der Waals surface area contributed by atoms with E-state index in [0.29, 0.717) is 30.0 Å². The average Bonchev–Trinajstić information content (AvgIpc) is 3.74. The molecule has 2 atom stereocenters. The quantitative estimate of drug-likeness (QED) is 0.0763. The lowest BCUT2D eigenvalue weighted by molar-refractivity contribution is -0.384. The van der Waals surface area contributed by atoms with Crippen LogP contribution < -0.4 is 19.7 Å². The SMILES string of the molecule is CC1COC[C@@H](CNc2ccc(S(=O)(=O)NC(=O)c3ccc(N4CCN(CC5=C(c6ccc(Cl)cc6)CC6(CCC6)CC5)CC4)cc3Oc3cnc4[nH]ccc4c3)cc2[N+](=O)[O-])O1. The number of carbonyl (C=O) groups is 1. The molecule has 1 saturated carbocycles. The molecule has 5 aromatic rings. The molecule has 3 aromatic carbocycles. The van der Waals surface area contributed by atoms with Gasteiger partial charge < -0.3 is 29.4 Å². The Hall–Kier alpha value is -5.52. The Kier molecular flexibility index (Phi) is 12.2. The fraction of sp³-hybridized carbons (Fsp3) is 0.391. The number of rotatable bonds is 13. The number of hydrogen-bond acceptors (Lipinski definition) is 12. The number of nitro benzene ring substituents is 1. The number of pyridine rings is 1. The van der Waals surface area contributed by atoms with Crippen molar-refractivity contribution in [3.63, 3.8) is 0 Å². The van der Waals surface area contributed by atoms with E-state index in [9.17, 15) is 23.3 Å². The summed E-state index contributed by atoms with van der Waals surface area (Å²) in [5, 5.41) is 16.6. The number of nitrogens with one attached hydrogen (secondary N) is 3. The second-order valence-corrected chi connectivity index (χ2v) is 19.2. The number of amides is 1. The number of halogens is 1. The number of hydrogen-bond donors (Lipinski definition) is 3. The maximum atomic E-state index is 13.9. The predicted molar refractivity (Wildman–Crippen MR) is 241 cm³/mol. The van der Waals surface area contributed by atoms with Crippen molar-refractivity contribution in [2.24, 2.45) is 5.41 Å². The molecule has 4 heterocycles. The number of allylic oxidation sites excluding steroid dienone is 1. The summed E-state index contributed by atoms with van der Waals surface area (Å²) < 4.78 is 47.1. The second kappa shape index (κ2) is 17.9. The number of carbonyl (C=O) groups excluding carboxylic acids is 1. The standard InChI is InChI=1S/C46H50ClN7O8S/c1-30-28-60-29-37(61-30)26-49-41-10-8-38(23-42(41)54(56)57)63(58,59)51-45(55)39-9-7-35(22-43(39)62-36-21-32-12-16-48-44(32)50-25-36)53-19-17-52(18-20-53)27-33-11-15-46(13-2-14-46)24-40(33)31-3-5-34(47)6-4-31/h3-10,12,16,21-23,25,30,37,49H,2,11,13-15,17-20,24,26-29H2,1H3,(H,48,50)(H,51,55)/t30?,37-/m1/s1. The van der Waals surface area contributed by atoms with Crippen LogP contribution in [0.25, 0.3) is 16.6 Å². The van der Waals surface area contributed by atoms with Gasteiger partial charge in [0.15, 0.2) is 0 Å². The number of aromatic amines is 1. The van der Waals surface area contributed by atoms with Crippen LogP contribution in [0.15, 0.2) is 95.7 Å². The van der Waals surface area contributed by atoms with Crippen molar-refractivity contribution in [3.8, 4) is 11.5 Å². The van der Waals surface area contributed by atoms with Crippen LogP contribution in [0.5, 0.6) is 11.5 Å². The van der Waals surface area contributed by atoms with E-state index in [0.717, 1.165) is 67.7 Å². The number of sulfonamides is 1. The first-order valence-corrected chi connectivity index (χ1v) is 23.3. The Bertz CT molecular complexity index is 2660. The number of anilines is 2. The summed E-state index contributed by atoms with van der Waals surface area (Å²) in [6, 6.07) is 20.4. The Balaban J connectivity index is 0.923. The first-order valence-electron chi connectivity index (χ1n) is 21.4. The first kappa shape index (κ1) is 42.8. The number of aromatic nitrogens is 2. The second-order valence-electron chi connectivity index (χ2n) is 17.1. The molecule has 9 rings (SSSR count). The highest BCUT2D eigenvalue weighted by Gasteiger charge is 2.41. The molecule has 0 radical (unpaired) electrons. The van der Waals surface area contributed by atoms with E-state index in [-0.39, 0.29) is 35.8 Å². The molecule has 1 spiro atoms. The number of H-pyrrole nitrogens is 1. The van der Waals surface area contributed by atoms with Gasteiger partial charge in [-0.3, -0.25) is 19.8 Å². The van der Waals surface area contributed by atoms with E-state index < -0.39 is 31.4 Å². The lowest BCUT2D eigenvalue weighted by atomic mass is 9.59. The molecule has 1 unspecified atom stereocenters. The summed E-state index contributed by atoms with van der Waals surface area (Å²) in [6.07, 6.45) is 10.2. The smallest absolute Gasteiger partial charge is 0.293 e. The highest BCUT2D eigenvalue weighted by atomic mass is 35.5. The summed E-state index contributed by atoms with van der Waals surface area (Å²) in [6.45, 7) is 6.87. The van der Waals surface area contributed by atoms with E-state index in [1.54, 1.807) is 30.5 Å². The van der Waals surface area contributed by atoms with Crippen molar-refractivity contribution in [2.45, 2.75) is 62.6 Å². The van der Waals surface area contributed by atoms with Gasteiger partial charge in [0.2, 0.25) is 0 Å². The first-order chi connectivity index (χ1) is 30.4. The fourth-order valence-electron chi connectivity index (χ4n) is 9.23. The van der Waals surface area contributed by atoms with Crippen molar-refractivity contribution in [3.05, 3.63) is 117 Å². The highest BCUT2D eigenvalue weighted by molar-refractivity contribution is 7.90. The molecule has 2 aliphatic carbocycles. The van der Waals surface area contributed by atoms with E-state index in [1.807, 2.05) is 25.1 Å². The van der Waals surface area contributed by atoms with Crippen LogP contribution in [-0.4, -0.2) is 98.8 Å². The van der Waals surface area contributed by atoms with Gasteiger partial charge in [0.1, 0.15) is 22.8 Å². The number of nitrogens with zero attached hydrogens (tertiary/aromatic N) is 4. The van der Waals surface area contributed by atoms with Crippen LogP contribution in [0.4, 0.5) is 17.1 Å². The number of nitro groups is 1. The minimum atomic E-state index is -4.59. The third kappa shape index (κ3) is 9.55. The minimum Gasteiger partial charge on any atom is -0.455 e. The normalized spacial score (nSPS) is 20.4. The topological polar surface area (TPSA) is 181 Å². The van der Waals surface area contributed by atoms with Crippen LogP contribution in [0.3, 0.4) is 0 Å². The Labute approximate surface area is 371 Å². The lowest BCUT2D eigenvalue weighted by Gasteiger charge is -2.47. The third-order valence-electron chi connectivity index (χ3n) is 12.8. The Morgan fingerprint density at radius 2 is 1.84 bits per heavy atom. The molecule has 17 heteroatoms. The van der Waals surface area contributed by atoms with E-state index in [4.69, 9.17) is 25.8 Å². The summed E-state index contributed by atoms with van der Waals surface area (Å²) in [7, 11) is -4.59. The van der Waals surface area contributed by atoms with Gasteiger partial charge in [-0.25, -0.2) is 18.1 Å². The van der Waals surface area contributed by atoms with E-state index in [1.165, 1.54) is 60.7 Å². The number of piperazine rings is 1. The van der Waals surface area contributed by atoms with Gasteiger partial charge in [-0.2, -0.15) is 0 Å². The van der Waals surface area contributed by atoms with Gasteiger partial charge >= 0.3 is 0 Å². The molecule has 1 amide bonds. The monoisotopic (exact) mass is 895 g/mol. The zero-order valence-electron chi connectivity index (χ0n) is 35.0. The highest BCUT2D eigenvalue weighted by Crippen LogP contribution is 2.55. The molecule has 2 aromatic heterocycles. The molecular formula is C46H50ClN7O8S. The maximum absolute atomic E-state index is 13.9. The van der Waals surface area contributed by atoms with Crippen LogP contribution in [-0.2, 0) is 19.5 Å². The largest absolute Gasteiger partial charge is 0.455 e. The van der Waals surface area contributed by atoms with Gasteiger partial charge in [0, 0.05) is 73.7 Å². The molecule has 3 N–H and O–H groups in total. The van der Waals surface area contributed by atoms with Crippen LogP contribution >= 0.6 is 11.6 Å². The van der Waals surface area contributed by atoms with Crippen molar-refractivity contribution in [1.82, 2.24) is 19.6 Å². The molecular weight excluding hydrogens is 846 g/mol. The van der Waals surface area contributed by atoms with Crippen LogP contribution in [0.2, 0.25) is 5.02 Å². The average molecular weight is 896 g/mol. The zero-order valence-corrected chi connectivity index (χ0v) is 36.6. The third-order valence-corrected chi connectivity index (χ3v) is 14.4. The number of ether oxygens (including phenoxy) is 3. The molecule has 63 heavy (non-hydrogen) atoms. The zero-order chi connectivity index (χ0) is 43.7. The van der Waals surface area contributed by atoms with E-state index in [2.05, 4.69) is 41.9 Å². The summed E-state index contributed by atoms with van der Waals surface area (Å²) in [4.78, 5) is 37.1. The van der Waals surface area contributed by atoms with Gasteiger partial charge in [0.05, 0.1) is 47.0 Å². The molecule has 0 bridgehead atoms. The number of fused-ring (bicyclic) bond motifs is 1. The van der Waals surface area contributed by atoms with Gasteiger partial charge in [-0.05, 0) is 104 Å². The molecule has 15 nitrogen and oxygen atoms in total. The van der Waals surface area contributed by atoms with Crippen LogP contribution in [0.1, 0.15) is 61.4 Å². The predicted octanol–water partition coefficient (Wildman–Crippen LogP) is 8.18. The van der Waals surface area contributed by atoms with Gasteiger partial charge in [-0.1, -0.05) is 35.7 Å². The minimum absolute atomic E-state index is 0.0463. The maximum Gasteiger partial charge on any atom is 0.293 e. The summed E-state index contributed by atoms with van der Waals surface area (Å²) in [5.74, 6) is -0.496. The fourth-order valence-corrected chi connectivity index (χ4v) is 10.3. The van der Waals surface area contributed by atoms with Crippen LogP contribution in [0, 0.1) is 15.5 Å². The van der Waals surface area contributed by atoms with Crippen molar-refractivity contribution in [1.29, 1.82) is 0 Å². The summed E-state index contributed by atoms with van der Waals surface area (Å²) in [5.41, 5.74) is 5.74. The van der Waals surface area contributed by atoms with Gasteiger partial charge in [0.25, 0.3) is 21.6 Å². The Morgan fingerprint density at radius 3 is 2.59 bits per heavy atom. The van der Waals surface area contributed by atoms with Crippen molar-refractivity contribution < 1.29 is 32.3 Å². The van der Waals surface area contributed by atoms with Crippen molar-refractivity contribution >= 4 is 61.2 Å². The van der Waals surface area contributed by atoms with Gasteiger partial charge in [-0.15, -0.1) is 0 Å². The lowest BCUT2D eigenvalue weighted by Crippen LogP contribution is -2.47. The van der Waals surface area contributed by atoms with E-state index >= 15 is 0 Å². The molecule has 4 aliphatic rings. The van der Waals surface area contributed by atoms with Crippen molar-refractivity contribution in [2.75, 3.05) is 62.7 Å². The molecule has 330 valence electrons. The molecule has 2 aliphatic heterocycles. The number of benzene rings is 3. The molecule has 3 fully saturated rings. The molecule has 2 saturated heterocycles. The summed E-state index contributed by atoms with van der Waals surface area (Å²) >= 11 is 6.28.